The van der Waals surface area contributed by atoms with E-state index in [1.165, 1.54) is 0 Å². The first-order valence-electron chi connectivity index (χ1n) is 11.1. The number of pyridine rings is 1. The number of benzene rings is 2. The number of nitrogens with zero attached hydrogens (tertiary/aromatic N) is 3. The molecule has 0 radical (unpaired) electrons. The Morgan fingerprint density at radius 3 is 2.21 bits per heavy atom. The van der Waals surface area contributed by atoms with Gasteiger partial charge in [-0.05, 0) is 30.5 Å². The molecule has 2 aromatic heterocycles. The molecule has 0 saturated heterocycles. The van der Waals surface area contributed by atoms with Crippen molar-refractivity contribution in [2.45, 2.75) is 32.6 Å². The van der Waals surface area contributed by atoms with Gasteiger partial charge in [-0.15, -0.1) is 0 Å². The number of methoxy groups -OCH3 is 2. The number of aryl methyl sites for hydroxylation is 1. The topological polar surface area (TPSA) is 111 Å². The van der Waals surface area contributed by atoms with E-state index in [0.717, 1.165) is 18.4 Å². The molecule has 0 aliphatic carbocycles. The Morgan fingerprint density at radius 1 is 0.853 bits per heavy atom. The van der Waals surface area contributed by atoms with Crippen LogP contribution in [0, 0.1) is 0 Å². The quantitative estimate of drug-likeness (QED) is 0.352. The molecule has 4 rings (SSSR count). The predicted molar refractivity (Wildman–Crippen MR) is 127 cm³/mol. The van der Waals surface area contributed by atoms with Crippen LogP contribution in [0.25, 0.3) is 22.6 Å². The minimum absolute atomic E-state index is 0.0226. The molecule has 0 amide bonds. The van der Waals surface area contributed by atoms with E-state index >= 15 is 0 Å². The first kappa shape index (κ1) is 23.1. The molecule has 2 N–H and O–H groups in total. The Bertz CT molecular complexity index is 1250. The number of aromatic nitrogens is 3. The molecule has 34 heavy (non-hydrogen) atoms. The van der Waals surface area contributed by atoms with Crippen molar-refractivity contribution in [1.29, 1.82) is 0 Å². The van der Waals surface area contributed by atoms with E-state index in [1.807, 2.05) is 30.3 Å². The van der Waals surface area contributed by atoms with Crippen molar-refractivity contribution >= 4 is 0 Å². The van der Waals surface area contributed by atoms with Crippen LogP contribution in [0.1, 0.15) is 36.8 Å². The SMILES string of the molecule is CCCCc1nc(O)c(-c2nc(Cc3ccccc3)no2)c(O)c1-c1c(OC)cccc1OC. The Balaban J connectivity index is 1.87. The van der Waals surface area contributed by atoms with Gasteiger partial charge in [0.1, 0.15) is 22.8 Å². The molecular weight excluding hydrogens is 434 g/mol. The van der Waals surface area contributed by atoms with Gasteiger partial charge in [0.25, 0.3) is 5.89 Å². The maximum absolute atomic E-state index is 11.5. The molecule has 0 fully saturated rings. The van der Waals surface area contributed by atoms with Crippen LogP contribution in [-0.2, 0) is 12.8 Å². The third kappa shape index (κ3) is 4.52. The van der Waals surface area contributed by atoms with Crippen molar-refractivity contribution < 1.29 is 24.2 Å². The number of hydrogen-bond acceptors (Lipinski definition) is 8. The summed E-state index contributed by atoms with van der Waals surface area (Å²) in [7, 11) is 3.09. The molecule has 0 bridgehead atoms. The van der Waals surface area contributed by atoms with Crippen LogP contribution in [-0.4, -0.2) is 39.6 Å². The summed E-state index contributed by atoms with van der Waals surface area (Å²) in [6.07, 6.45) is 2.72. The summed E-state index contributed by atoms with van der Waals surface area (Å²) in [5, 5.41) is 26.3. The van der Waals surface area contributed by atoms with Crippen molar-refractivity contribution in [3.8, 4) is 45.7 Å². The maximum Gasteiger partial charge on any atom is 0.267 e. The average molecular weight is 462 g/mol. The molecule has 176 valence electrons. The molecule has 4 aromatic rings. The summed E-state index contributed by atoms with van der Waals surface area (Å²) in [5.74, 6) is 0.798. The Morgan fingerprint density at radius 2 is 1.56 bits per heavy atom. The zero-order valence-corrected chi connectivity index (χ0v) is 19.4. The second-order valence-corrected chi connectivity index (χ2v) is 7.80. The third-order valence-electron chi connectivity index (χ3n) is 5.56. The van der Waals surface area contributed by atoms with Crippen molar-refractivity contribution in [1.82, 2.24) is 15.1 Å². The van der Waals surface area contributed by atoms with Gasteiger partial charge in [0, 0.05) is 6.42 Å². The number of aromatic hydroxyl groups is 2. The summed E-state index contributed by atoms with van der Waals surface area (Å²) < 4.78 is 16.6. The van der Waals surface area contributed by atoms with Gasteiger partial charge in [-0.1, -0.05) is 54.9 Å². The smallest absolute Gasteiger partial charge is 0.267 e. The third-order valence-corrected chi connectivity index (χ3v) is 5.56. The summed E-state index contributed by atoms with van der Waals surface area (Å²) in [4.78, 5) is 8.83. The highest BCUT2D eigenvalue weighted by Crippen LogP contribution is 2.49. The maximum atomic E-state index is 11.5. The van der Waals surface area contributed by atoms with E-state index < -0.39 is 0 Å². The van der Waals surface area contributed by atoms with Crippen LogP contribution in [0.3, 0.4) is 0 Å². The molecule has 8 nitrogen and oxygen atoms in total. The minimum atomic E-state index is -0.379. The fraction of sp³-hybridized carbons (Fsp3) is 0.269. The largest absolute Gasteiger partial charge is 0.506 e. The Kier molecular flexibility index (Phi) is 6.96. The molecule has 2 heterocycles. The first-order chi connectivity index (χ1) is 16.6. The molecule has 8 heteroatoms. The lowest BCUT2D eigenvalue weighted by atomic mass is 9.95. The predicted octanol–water partition coefficient (Wildman–Crippen LogP) is 5.16. The summed E-state index contributed by atoms with van der Waals surface area (Å²) in [5.41, 5.74) is 2.44. The van der Waals surface area contributed by atoms with Gasteiger partial charge in [0.15, 0.2) is 5.82 Å². The van der Waals surface area contributed by atoms with Crippen molar-refractivity contribution in [3.63, 3.8) is 0 Å². The van der Waals surface area contributed by atoms with E-state index in [1.54, 1.807) is 32.4 Å². The van der Waals surface area contributed by atoms with Gasteiger partial charge < -0.3 is 24.2 Å². The van der Waals surface area contributed by atoms with Gasteiger partial charge in [0.05, 0.1) is 31.0 Å². The van der Waals surface area contributed by atoms with Crippen molar-refractivity contribution in [3.05, 3.63) is 65.6 Å². The van der Waals surface area contributed by atoms with Crippen molar-refractivity contribution in [2.75, 3.05) is 14.2 Å². The number of hydrogen-bond donors (Lipinski definition) is 2. The van der Waals surface area contributed by atoms with Gasteiger partial charge in [-0.3, -0.25) is 0 Å². The lowest BCUT2D eigenvalue weighted by Gasteiger charge is -2.18. The summed E-state index contributed by atoms with van der Waals surface area (Å²) in [6.45, 7) is 2.06. The molecule has 0 spiro atoms. The number of rotatable bonds is 9. The number of unbranched alkanes of at least 4 members (excludes halogenated alkanes) is 1. The molecule has 0 atom stereocenters. The fourth-order valence-corrected chi connectivity index (χ4v) is 3.90. The van der Waals surface area contributed by atoms with Crippen LogP contribution in [0.5, 0.6) is 23.1 Å². The zero-order chi connectivity index (χ0) is 24.1. The van der Waals surface area contributed by atoms with Crippen LogP contribution in [0.2, 0.25) is 0 Å². The molecule has 0 saturated carbocycles. The molecule has 0 aliphatic rings. The van der Waals surface area contributed by atoms with Crippen molar-refractivity contribution in [2.24, 2.45) is 0 Å². The second kappa shape index (κ2) is 10.2. The van der Waals surface area contributed by atoms with Gasteiger partial charge in [0.2, 0.25) is 5.88 Å². The molecule has 2 aromatic carbocycles. The number of ether oxygens (including phenoxy) is 2. The van der Waals surface area contributed by atoms with Crippen LogP contribution in [0.15, 0.2) is 53.1 Å². The molecule has 0 aliphatic heterocycles. The minimum Gasteiger partial charge on any atom is -0.506 e. The van der Waals surface area contributed by atoms with E-state index in [0.29, 0.717) is 47.0 Å². The van der Waals surface area contributed by atoms with Crippen LogP contribution >= 0.6 is 0 Å². The molecular formula is C26H27N3O5. The Hall–Kier alpha value is -4.07. The van der Waals surface area contributed by atoms with E-state index in [9.17, 15) is 10.2 Å². The van der Waals surface area contributed by atoms with E-state index in [-0.39, 0.29) is 23.1 Å². The highest BCUT2D eigenvalue weighted by molar-refractivity contribution is 5.88. The normalized spacial score (nSPS) is 10.9. The Labute approximate surface area is 197 Å². The van der Waals surface area contributed by atoms with Crippen LogP contribution < -0.4 is 9.47 Å². The van der Waals surface area contributed by atoms with E-state index in [4.69, 9.17) is 14.0 Å². The standard InChI is InChI=1S/C26H27N3O5/c1-4-5-12-17-21(22-18(32-2)13-9-14-19(22)33-3)24(30)23(25(31)27-17)26-28-20(29-34-26)15-16-10-7-6-8-11-16/h6-11,13-14H,4-5,12,15H2,1-3H3,(H2,27,30,31). The fourth-order valence-electron chi connectivity index (χ4n) is 3.90. The first-order valence-corrected chi connectivity index (χ1v) is 11.1. The van der Waals surface area contributed by atoms with Crippen LogP contribution in [0.4, 0.5) is 0 Å². The summed E-state index contributed by atoms with van der Waals surface area (Å²) >= 11 is 0. The highest BCUT2D eigenvalue weighted by atomic mass is 16.5. The van der Waals surface area contributed by atoms with Gasteiger partial charge in [-0.2, -0.15) is 4.98 Å². The van der Waals surface area contributed by atoms with E-state index in [2.05, 4.69) is 22.0 Å². The monoisotopic (exact) mass is 461 g/mol. The zero-order valence-electron chi connectivity index (χ0n) is 19.4. The average Bonchev–Trinajstić information content (AvgIpc) is 3.30. The summed E-state index contributed by atoms with van der Waals surface area (Å²) in [6, 6.07) is 15.1. The van der Waals surface area contributed by atoms with Gasteiger partial charge in [-0.25, -0.2) is 4.98 Å². The second-order valence-electron chi connectivity index (χ2n) is 7.80. The highest BCUT2D eigenvalue weighted by Gasteiger charge is 2.28. The lowest BCUT2D eigenvalue weighted by molar-refractivity contribution is 0.394. The molecule has 0 unspecified atom stereocenters. The lowest BCUT2D eigenvalue weighted by Crippen LogP contribution is -2.01. The van der Waals surface area contributed by atoms with Gasteiger partial charge >= 0.3 is 0 Å².